The van der Waals surface area contributed by atoms with Crippen molar-refractivity contribution >= 4 is 43.8 Å². The molecule has 8 heteroatoms. The van der Waals surface area contributed by atoms with Gasteiger partial charge in [-0.25, -0.2) is 0 Å². The van der Waals surface area contributed by atoms with E-state index in [1.807, 2.05) is 25.1 Å². The lowest BCUT2D eigenvalue weighted by Gasteiger charge is -2.09. The van der Waals surface area contributed by atoms with Gasteiger partial charge in [0, 0.05) is 30.2 Å². The number of rotatable bonds is 7. The molecule has 172 valence electrons. The third kappa shape index (κ3) is 6.48. The lowest BCUT2D eigenvalue weighted by atomic mass is 10.0. The number of carboxylic acids is 1. The normalized spacial score (nSPS) is 13.2. The largest absolute Gasteiger partial charge is 0.493 e. The fraction of sp³-hybridized carbons (Fsp3) is 0.417. The fourth-order valence-corrected chi connectivity index (χ4v) is 4.74. The number of esters is 1. The first-order valence-electron chi connectivity index (χ1n) is 10.6. The third-order valence-electron chi connectivity index (χ3n) is 5.22. The number of carboxylic acid groups (broad SMARTS) is 1. The van der Waals surface area contributed by atoms with E-state index in [1.54, 1.807) is 0 Å². The Morgan fingerprint density at radius 3 is 2.50 bits per heavy atom. The molecule has 0 fully saturated rings. The van der Waals surface area contributed by atoms with Crippen LogP contribution in [0.15, 0.2) is 33.2 Å². The predicted octanol–water partition coefficient (Wildman–Crippen LogP) is 5.28. The van der Waals surface area contributed by atoms with E-state index < -0.39 is 5.97 Å². The first-order valence-corrected chi connectivity index (χ1v) is 12.2. The maximum absolute atomic E-state index is 11.2. The Bertz CT molecular complexity index is 989. The molecule has 2 aromatic rings. The van der Waals surface area contributed by atoms with Gasteiger partial charge in [-0.05, 0) is 79.9 Å². The molecule has 0 saturated carbocycles. The van der Waals surface area contributed by atoms with Gasteiger partial charge in [-0.15, -0.1) is 0 Å². The van der Waals surface area contributed by atoms with Crippen molar-refractivity contribution in [1.82, 2.24) is 0 Å². The van der Waals surface area contributed by atoms with Crippen LogP contribution in [0.25, 0.3) is 0 Å². The first-order chi connectivity index (χ1) is 15.4. The van der Waals surface area contributed by atoms with Crippen molar-refractivity contribution in [3.05, 3.63) is 55.5 Å². The molecule has 2 aliphatic rings. The van der Waals surface area contributed by atoms with E-state index in [2.05, 4.69) is 37.9 Å². The molecular weight excluding hydrogens is 544 g/mol. The standard InChI is InChI=1S/C13H16O3.C11H10Br2O3/c1-2-15-13(14)6-4-10-3-5-12-11(9-10)7-8-16-12;12-9-6(1-2-8(14)15)5-7-3-4-16-11(7)10(9)13/h3,5,9H,2,4,6-8H2,1H3;5H,1-4H2,(H,14,15). The van der Waals surface area contributed by atoms with E-state index in [-0.39, 0.29) is 12.4 Å². The maximum Gasteiger partial charge on any atom is 0.306 e. The summed E-state index contributed by atoms with van der Waals surface area (Å²) in [5, 5.41) is 8.68. The Hall–Kier alpha value is -2.06. The van der Waals surface area contributed by atoms with Crippen LogP contribution in [-0.4, -0.2) is 36.9 Å². The number of ether oxygens (including phenoxy) is 3. The number of aryl methyl sites for hydroxylation is 2. The molecule has 2 heterocycles. The van der Waals surface area contributed by atoms with Crippen LogP contribution >= 0.6 is 31.9 Å². The van der Waals surface area contributed by atoms with E-state index in [4.69, 9.17) is 19.3 Å². The van der Waals surface area contributed by atoms with Crippen molar-refractivity contribution in [3.63, 3.8) is 0 Å². The van der Waals surface area contributed by atoms with Crippen molar-refractivity contribution in [1.29, 1.82) is 0 Å². The minimum atomic E-state index is -0.778. The quantitative estimate of drug-likeness (QED) is 0.457. The second-order valence-electron chi connectivity index (χ2n) is 7.49. The summed E-state index contributed by atoms with van der Waals surface area (Å²) in [6.07, 6.45) is 3.73. The van der Waals surface area contributed by atoms with Crippen LogP contribution in [-0.2, 0) is 40.0 Å². The molecule has 0 radical (unpaired) electrons. The van der Waals surface area contributed by atoms with Crippen molar-refractivity contribution in [3.8, 4) is 11.5 Å². The molecule has 0 bridgehead atoms. The van der Waals surface area contributed by atoms with Gasteiger partial charge in [-0.3, -0.25) is 9.59 Å². The Labute approximate surface area is 204 Å². The summed E-state index contributed by atoms with van der Waals surface area (Å²) in [4.78, 5) is 21.8. The van der Waals surface area contributed by atoms with Crippen molar-refractivity contribution in [2.45, 2.75) is 45.4 Å². The van der Waals surface area contributed by atoms with Crippen molar-refractivity contribution < 1.29 is 28.9 Å². The van der Waals surface area contributed by atoms with Crippen LogP contribution in [0.2, 0.25) is 0 Å². The summed E-state index contributed by atoms with van der Waals surface area (Å²) in [5.41, 5.74) is 4.59. The van der Waals surface area contributed by atoms with Crippen LogP contribution < -0.4 is 9.47 Å². The SMILES string of the molecule is CCOC(=O)CCc1ccc2c(c1)CCO2.O=C(O)CCc1cc2c(c(Br)c1Br)OCC2. The Morgan fingerprint density at radius 1 is 1.00 bits per heavy atom. The summed E-state index contributed by atoms with van der Waals surface area (Å²) in [7, 11) is 0. The lowest BCUT2D eigenvalue weighted by molar-refractivity contribution is -0.143. The number of hydrogen-bond acceptors (Lipinski definition) is 5. The van der Waals surface area contributed by atoms with Gasteiger partial charge in [-0.1, -0.05) is 18.2 Å². The minimum absolute atomic E-state index is 0.126. The Morgan fingerprint density at radius 2 is 1.75 bits per heavy atom. The number of hydrogen-bond donors (Lipinski definition) is 1. The molecule has 0 saturated heterocycles. The first kappa shape index (κ1) is 24.6. The second-order valence-corrected chi connectivity index (χ2v) is 9.08. The zero-order valence-corrected chi connectivity index (χ0v) is 21.1. The highest BCUT2D eigenvalue weighted by Crippen LogP contribution is 2.41. The van der Waals surface area contributed by atoms with Gasteiger partial charge in [0.2, 0.25) is 0 Å². The van der Waals surface area contributed by atoms with Crippen molar-refractivity contribution in [2.75, 3.05) is 19.8 Å². The molecule has 4 rings (SSSR count). The highest BCUT2D eigenvalue weighted by molar-refractivity contribution is 9.13. The summed E-state index contributed by atoms with van der Waals surface area (Å²) in [6, 6.07) is 8.16. The van der Waals surface area contributed by atoms with Crippen molar-refractivity contribution in [2.24, 2.45) is 0 Å². The molecule has 6 nitrogen and oxygen atoms in total. The van der Waals surface area contributed by atoms with Gasteiger partial charge in [0.05, 0.1) is 24.3 Å². The zero-order valence-electron chi connectivity index (χ0n) is 17.9. The van der Waals surface area contributed by atoms with Crippen LogP contribution in [0.5, 0.6) is 11.5 Å². The highest BCUT2D eigenvalue weighted by atomic mass is 79.9. The smallest absolute Gasteiger partial charge is 0.306 e. The minimum Gasteiger partial charge on any atom is -0.493 e. The van der Waals surface area contributed by atoms with Gasteiger partial charge in [0.15, 0.2) is 0 Å². The molecule has 0 spiro atoms. The monoisotopic (exact) mass is 568 g/mol. The van der Waals surface area contributed by atoms with E-state index in [1.165, 1.54) is 11.1 Å². The maximum atomic E-state index is 11.2. The average Bonchev–Trinajstić information content (AvgIpc) is 3.43. The number of carbonyl (C=O) groups is 2. The lowest BCUT2D eigenvalue weighted by Crippen LogP contribution is -2.05. The van der Waals surface area contributed by atoms with Crippen LogP contribution in [0.1, 0.15) is 42.0 Å². The van der Waals surface area contributed by atoms with Crippen LogP contribution in [0, 0.1) is 0 Å². The molecule has 2 aliphatic heterocycles. The second kappa shape index (κ2) is 11.7. The number of fused-ring (bicyclic) bond motifs is 2. The molecule has 1 N–H and O–H groups in total. The molecule has 0 aliphatic carbocycles. The number of aliphatic carboxylic acids is 1. The van der Waals surface area contributed by atoms with E-state index in [0.717, 1.165) is 57.4 Å². The van der Waals surface area contributed by atoms with Crippen LogP contribution in [0.4, 0.5) is 0 Å². The summed E-state index contributed by atoms with van der Waals surface area (Å²) in [6.45, 7) is 3.75. The molecule has 2 aromatic carbocycles. The van der Waals surface area contributed by atoms with Gasteiger partial charge >= 0.3 is 11.9 Å². The van der Waals surface area contributed by atoms with Gasteiger partial charge < -0.3 is 19.3 Å². The topological polar surface area (TPSA) is 82.1 Å². The predicted molar refractivity (Wildman–Crippen MR) is 128 cm³/mol. The third-order valence-corrected chi connectivity index (χ3v) is 7.41. The summed E-state index contributed by atoms with van der Waals surface area (Å²) in [5.74, 6) is 0.963. The number of carbonyl (C=O) groups excluding carboxylic acids is 1. The molecule has 0 unspecified atom stereocenters. The molecule has 0 aromatic heterocycles. The number of halogens is 2. The van der Waals surface area contributed by atoms with E-state index in [0.29, 0.717) is 26.1 Å². The molecule has 0 amide bonds. The van der Waals surface area contributed by atoms with Gasteiger partial charge in [-0.2, -0.15) is 0 Å². The Kier molecular flexibility index (Phi) is 8.99. The zero-order chi connectivity index (χ0) is 23.1. The summed E-state index contributed by atoms with van der Waals surface area (Å²) < 4.78 is 17.6. The average molecular weight is 570 g/mol. The summed E-state index contributed by atoms with van der Waals surface area (Å²) >= 11 is 6.93. The van der Waals surface area contributed by atoms with Gasteiger partial charge in [0.1, 0.15) is 11.5 Å². The van der Waals surface area contributed by atoms with E-state index >= 15 is 0 Å². The van der Waals surface area contributed by atoms with Crippen LogP contribution in [0.3, 0.4) is 0 Å². The molecule has 32 heavy (non-hydrogen) atoms. The molecule has 0 atom stereocenters. The van der Waals surface area contributed by atoms with Gasteiger partial charge in [0.25, 0.3) is 0 Å². The van der Waals surface area contributed by atoms with E-state index in [9.17, 15) is 9.59 Å². The highest BCUT2D eigenvalue weighted by Gasteiger charge is 2.20. The fourth-order valence-electron chi connectivity index (χ4n) is 3.62. The molecular formula is C24H26Br2O6. The number of benzene rings is 2. The Balaban J connectivity index is 0.000000181.